The first-order valence-electron chi connectivity index (χ1n) is 34.0. The van der Waals surface area contributed by atoms with Crippen molar-refractivity contribution in [2.45, 2.75) is 342 Å². The summed E-state index contributed by atoms with van der Waals surface area (Å²) in [6.07, 6.45) is 40.6. The van der Waals surface area contributed by atoms with E-state index >= 15 is 0 Å². The number of unbranched alkanes of at least 4 members (excludes halogenated alkanes) is 33. The van der Waals surface area contributed by atoms with E-state index < -0.39 is 97.5 Å². The van der Waals surface area contributed by atoms with Crippen LogP contribution in [0.3, 0.4) is 0 Å². The van der Waals surface area contributed by atoms with Crippen molar-refractivity contribution >= 4 is 39.5 Å². The van der Waals surface area contributed by atoms with Gasteiger partial charge in [-0.3, -0.25) is 37.3 Å². The minimum Gasteiger partial charge on any atom is -0.462 e. The Hall–Kier alpha value is -1.94. The molecule has 19 heteroatoms. The molecule has 0 fully saturated rings. The maximum atomic E-state index is 13.0. The summed E-state index contributed by atoms with van der Waals surface area (Å²) in [5.41, 5.74) is 0. The zero-order valence-electron chi connectivity index (χ0n) is 54.2. The third-order valence-corrected chi connectivity index (χ3v) is 17.2. The van der Waals surface area contributed by atoms with Crippen molar-refractivity contribution < 1.29 is 80.2 Å². The Kier molecular flexibility index (Phi) is 56.2. The first-order valence-corrected chi connectivity index (χ1v) is 37.0. The van der Waals surface area contributed by atoms with Crippen LogP contribution in [0.4, 0.5) is 0 Å². The van der Waals surface area contributed by atoms with Crippen molar-refractivity contribution in [1.29, 1.82) is 0 Å². The Balaban J connectivity index is 5.18. The highest BCUT2D eigenvalue weighted by Gasteiger charge is 2.30. The molecule has 3 N–H and O–H groups in total. The zero-order valence-corrected chi connectivity index (χ0v) is 56.0. The number of phosphoric acid groups is 2. The number of carbonyl (C=O) groups is 4. The molecule has 0 amide bonds. The normalized spacial score (nSPS) is 14.6. The van der Waals surface area contributed by atoms with Gasteiger partial charge in [0.15, 0.2) is 12.2 Å². The highest BCUT2D eigenvalue weighted by molar-refractivity contribution is 7.47. The van der Waals surface area contributed by atoms with E-state index in [9.17, 15) is 43.2 Å². The van der Waals surface area contributed by atoms with E-state index in [0.29, 0.717) is 25.7 Å². The molecule has 0 bridgehead atoms. The number of carbonyl (C=O) groups excluding carboxylic acids is 4. The van der Waals surface area contributed by atoms with E-state index in [1.165, 1.54) is 135 Å². The number of ether oxygens (including phenoxy) is 4. The molecule has 0 aromatic rings. The lowest BCUT2D eigenvalue weighted by Crippen LogP contribution is -2.30. The number of esters is 4. The molecular formula is C65H126O17P2. The van der Waals surface area contributed by atoms with Crippen LogP contribution in [0.2, 0.25) is 0 Å². The van der Waals surface area contributed by atoms with Gasteiger partial charge in [-0.2, -0.15) is 0 Å². The van der Waals surface area contributed by atoms with Crippen LogP contribution in [0.15, 0.2) is 0 Å². The number of phosphoric ester groups is 2. The van der Waals surface area contributed by atoms with Crippen molar-refractivity contribution in [3.8, 4) is 0 Å². The topological polar surface area (TPSA) is 237 Å². The smallest absolute Gasteiger partial charge is 0.462 e. The lowest BCUT2D eigenvalue weighted by molar-refractivity contribution is -0.161. The van der Waals surface area contributed by atoms with Crippen LogP contribution in [-0.2, 0) is 65.4 Å². The highest BCUT2D eigenvalue weighted by Crippen LogP contribution is 2.45. The third-order valence-electron chi connectivity index (χ3n) is 15.3. The average molecular weight is 1240 g/mol. The number of rotatable bonds is 64. The van der Waals surface area contributed by atoms with E-state index in [4.69, 9.17) is 37.0 Å². The second-order valence-corrected chi connectivity index (χ2v) is 27.1. The fourth-order valence-corrected chi connectivity index (χ4v) is 11.3. The van der Waals surface area contributed by atoms with Gasteiger partial charge in [0.2, 0.25) is 0 Å². The molecule has 0 saturated heterocycles. The molecular weight excluding hydrogens is 1110 g/mol. The summed E-state index contributed by atoms with van der Waals surface area (Å²) in [5.74, 6) is -0.629. The Morgan fingerprint density at radius 2 is 0.607 bits per heavy atom. The molecule has 84 heavy (non-hydrogen) atoms. The predicted octanol–water partition coefficient (Wildman–Crippen LogP) is 18.0. The second kappa shape index (κ2) is 57.5. The molecule has 0 aliphatic rings. The maximum absolute atomic E-state index is 13.0. The predicted molar refractivity (Wildman–Crippen MR) is 335 cm³/mol. The van der Waals surface area contributed by atoms with Gasteiger partial charge in [0.1, 0.15) is 19.3 Å². The molecule has 0 radical (unpaired) electrons. The fourth-order valence-electron chi connectivity index (χ4n) is 9.68. The summed E-state index contributed by atoms with van der Waals surface area (Å²) >= 11 is 0. The average Bonchev–Trinajstić information content (AvgIpc) is 3.55. The van der Waals surface area contributed by atoms with Gasteiger partial charge < -0.3 is 33.8 Å². The largest absolute Gasteiger partial charge is 0.472 e. The van der Waals surface area contributed by atoms with Crippen LogP contribution in [0.25, 0.3) is 0 Å². The van der Waals surface area contributed by atoms with Crippen molar-refractivity contribution in [2.24, 2.45) is 11.8 Å². The first-order chi connectivity index (χ1) is 40.4. The van der Waals surface area contributed by atoms with Crippen molar-refractivity contribution in [1.82, 2.24) is 0 Å². The van der Waals surface area contributed by atoms with Crippen LogP contribution >= 0.6 is 15.6 Å². The van der Waals surface area contributed by atoms with Gasteiger partial charge in [0, 0.05) is 25.7 Å². The van der Waals surface area contributed by atoms with Crippen LogP contribution in [-0.4, -0.2) is 96.7 Å². The van der Waals surface area contributed by atoms with Gasteiger partial charge in [-0.25, -0.2) is 9.13 Å². The highest BCUT2D eigenvalue weighted by atomic mass is 31.2. The van der Waals surface area contributed by atoms with Gasteiger partial charge >= 0.3 is 39.5 Å². The van der Waals surface area contributed by atoms with E-state index in [2.05, 4.69) is 41.5 Å². The molecule has 0 spiro atoms. The Morgan fingerprint density at radius 1 is 0.345 bits per heavy atom. The first kappa shape index (κ1) is 82.1. The van der Waals surface area contributed by atoms with E-state index in [-0.39, 0.29) is 25.7 Å². The minimum atomic E-state index is -4.94. The number of aliphatic hydroxyl groups is 1. The van der Waals surface area contributed by atoms with Gasteiger partial charge in [0.25, 0.3) is 0 Å². The Labute approximate surface area is 511 Å². The maximum Gasteiger partial charge on any atom is 0.472 e. The number of aliphatic hydroxyl groups excluding tert-OH is 1. The molecule has 0 aromatic heterocycles. The van der Waals surface area contributed by atoms with Crippen molar-refractivity contribution in [2.75, 3.05) is 39.6 Å². The molecule has 498 valence electrons. The molecule has 17 nitrogen and oxygen atoms in total. The summed E-state index contributed by atoms with van der Waals surface area (Å²) in [6.45, 7) is 9.40. The summed E-state index contributed by atoms with van der Waals surface area (Å²) in [7, 11) is -9.88. The standard InChI is InChI=1S/C65H126O17P2/c1-7-10-12-14-15-16-17-18-19-20-21-24-31-37-43-49-64(69)82-61(54-76-63(68)48-42-36-30-25-22-23-28-34-39-45-57(4)5)56-80-84(73,74)78-52-59(66)51-77-83(71,72)79-55-60(53-75-62(67)47-41-33-13-11-8-2)81-65(70)50-44-38-32-27-26-29-35-40-46-58(6)9-3/h57-61,66H,7-56H2,1-6H3,(H,71,72)(H,73,74)/t58?,59-,60+,61+/m0/s1. The van der Waals surface area contributed by atoms with Crippen molar-refractivity contribution in [3.05, 3.63) is 0 Å². The van der Waals surface area contributed by atoms with Crippen LogP contribution in [0, 0.1) is 11.8 Å². The molecule has 6 atom stereocenters. The van der Waals surface area contributed by atoms with Gasteiger partial charge in [-0.15, -0.1) is 0 Å². The second-order valence-electron chi connectivity index (χ2n) is 24.2. The van der Waals surface area contributed by atoms with Gasteiger partial charge in [-0.05, 0) is 37.5 Å². The lowest BCUT2D eigenvalue weighted by Gasteiger charge is -2.21. The molecule has 0 aliphatic carbocycles. The van der Waals surface area contributed by atoms with Crippen LogP contribution in [0.1, 0.15) is 324 Å². The van der Waals surface area contributed by atoms with Crippen LogP contribution < -0.4 is 0 Å². The van der Waals surface area contributed by atoms with E-state index in [0.717, 1.165) is 108 Å². The Morgan fingerprint density at radius 3 is 0.905 bits per heavy atom. The minimum absolute atomic E-state index is 0.104. The third kappa shape index (κ3) is 57.8. The quantitative estimate of drug-likeness (QED) is 0.0222. The monoisotopic (exact) mass is 1240 g/mol. The fraction of sp³-hybridized carbons (Fsp3) is 0.938. The molecule has 3 unspecified atom stereocenters. The zero-order chi connectivity index (χ0) is 62.2. The molecule has 0 aromatic carbocycles. The molecule has 0 saturated carbocycles. The number of hydrogen-bond acceptors (Lipinski definition) is 15. The summed E-state index contributed by atoms with van der Waals surface area (Å²) in [5, 5.41) is 10.5. The SMILES string of the molecule is CCCCCCCCCCCCCCCCCC(=O)O[C@H](COC(=O)CCCCCCCCCCCC(C)C)COP(=O)(O)OC[C@@H](O)COP(=O)(O)OC[C@@H](COC(=O)CCCCCCC)OC(=O)CCCCCCCCCCC(C)CC. The Bertz CT molecular complexity index is 1650. The van der Waals surface area contributed by atoms with E-state index in [1.807, 2.05) is 0 Å². The lowest BCUT2D eigenvalue weighted by atomic mass is 9.99. The summed E-state index contributed by atoms with van der Waals surface area (Å²) in [6, 6.07) is 0. The summed E-state index contributed by atoms with van der Waals surface area (Å²) < 4.78 is 67.9. The van der Waals surface area contributed by atoms with Gasteiger partial charge in [0.05, 0.1) is 26.4 Å². The van der Waals surface area contributed by atoms with Crippen molar-refractivity contribution in [3.63, 3.8) is 0 Å². The van der Waals surface area contributed by atoms with Gasteiger partial charge in [-0.1, -0.05) is 273 Å². The summed E-state index contributed by atoms with van der Waals surface area (Å²) in [4.78, 5) is 72.1. The van der Waals surface area contributed by atoms with E-state index in [1.54, 1.807) is 0 Å². The van der Waals surface area contributed by atoms with Crippen LogP contribution in [0.5, 0.6) is 0 Å². The molecule has 0 rings (SSSR count). The molecule has 0 heterocycles. The number of hydrogen-bond donors (Lipinski definition) is 3. The molecule has 0 aliphatic heterocycles.